The molecule has 210 valence electrons. The zero-order chi connectivity index (χ0) is 27.9. The van der Waals surface area contributed by atoms with Crippen molar-refractivity contribution in [2.45, 2.75) is 51.1 Å². The minimum absolute atomic E-state index is 0.0450. The minimum atomic E-state index is -0.581. The van der Waals surface area contributed by atoms with Gasteiger partial charge in [0.05, 0.1) is 25.4 Å². The largest absolute Gasteiger partial charge is 0.491 e. The molecular formula is C29H32F2N6O3. The lowest BCUT2D eigenvalue weighted by molar-refractivity contribution is -0.121. The fourth-order valence-electron chi connectivity index (χ4n) is 4.98. The van der Waals surface area contributed by atoms with Crippen LogP contribution in [0, 0.1) is 11.6 Å². The number of H-pyrrole nitrogens is 1. The normalized spacial score (nSPS) is 17.1. The highest BCUT2D eigenvalue weighted by Crippen LogP contribution is 2.28. The van der Waals surface area contributed by atoms with Gasteiger partial charge < -0.3 is 25.1 Å². The first-order valence-corrected chi connectivity index (χ1v) is 13.5. The Hall–Kier alpha value is -4.12. The van der Waals surface area contributed by atoms with Crippen molar-refractivity contribution in [2.75, 3.05) is 25.1 Å². The molecule has 9 nitrogen and oxygen atoms in total. The van der Waals surface area contributed by atoms with Crippen LogP contribution in [0.5, 0.6) is 5.75 Å². The van der Waals surface area contributed by atoms with E-state index in [-0.39, 0.29) is 36.1 Å². The lowest BCUT2D eigenvalue weighted by Crippen LogP contribution is -2.42. The van der Waals surface area contributed by atoms with E-state index in [9.17, 15) is 13.6 Å². The molecule has 1 fully saturated rings. The third-order valence-electron chi connectivity index (χ3n) is 6.83. The van der Waals surface area contributed by atoms with Crippen molar-refractivity contribution in [3.63, 3.8) is 0 Å². The van der Waals surface area contributed by atoms with E-state index in [1.807, 2.05) is 31.2 Å². The molecule has 0 radical (unpaired) electrons. The number of aromatic amines is 1. The molecule has 0 saturated heterocycles. The van der Waals surface area contributed by atoms with Crippen molar-refractivity contribution < 1.29 is 23.0 Å². The summed E-state index contributed by atoms with van der Waals surface area (Å²) in [4.78, 5) is 28.3. The second-order valence-corrected chi connectivity index (χ2v) is 9.78. The van der Waals surface area contributed by atoms with E-state index >= 15 is 0 Å². The maximum atomic E-state index is 14.7. The summed E-state index contributed by atoms with van der Waals surface area (Å²) >= 11 is 0. The Labute approximate surface area is 230 Å². The molecule has 5 rings (SSSR count). The molecule has 1 aromatic carbocycles. The van der Waals surface area contributed by atoms with E-state index in [1.165, 1.54) is 6.07 Å². The molecule has 1 aliphatic carbocycles. The summed E-state index contributed by atoms with van der Waals surface area (Å²) in [6.45, 7) is 3.54. The van der Waals surface area contributed by atoms with Gasteiger partial charge >= 0.3 is 0 Å². The Kier molecular flexibility index (Phi) is 8.80. The van der Waals surface area contributed by atoms with Crippen molar-refractivity contribution in [1.29, 1.82) is 0 Å². The number of ether oxygens (including phenoxy) is 2. The Morgan fingerprint density at radius 3 is 2.88 bits per heavy atom. The zero-order valence-electron chi connectivity index (χ0n) is 22.3. The standard InChI is InChI=1S/C29H32F2N6O3/c1-2-39-9-10-40-22-8-3-5-18(11-22)12-26(38)35-20-6-4-7-21(14-20)36-29-25(31)17-34-28(37-29)24-16-33-27-23(24)13-19(30)15-32-27/h3,5,8,11,13,15-17,20-21H,2,4,6-7,9-10,12,14H2,1H3,(H,32,33)(H,35,38)(H,34,36,37)/t20-,21+/m0/s1. The van der Waals surface area contributed by atoms with Crippen LogP contribution in [0.4, 0.5) is 14.6 Å². The van der Waals surface area contributed by atoms with Crippen LogP contribution < -0.4 is 15.4 Å². The number of carbonyl (C=O) groups excluding carboxylic acids is 1. The summed E-state index contributed by atoms with van der Waals surface area (Å²) in [5.74, 6) is -0.112. The molecule has 1 aliphatic rings. The second kappa shape index (κ2) is 12.8. The van der Waals surface area contributed by atoms with Gasteiger partial charge in [0, 0.05) is 35.8 Å². The van der Waals surface area contributed by atoms with Gasteiger partial charge in [-0.1, -0.05) is 12.1 Å². The first kappa shape index (κ1) is 27.4. The fourth-order valence-corrected chi connectivity index (χ4v) is 4.98. The monoisotopic (exact) mass is 550 g/mol. The molecule has 0 bridgehead atoms. The number of nitrogens with zero attached hydrogens (tertiary/aromatic N) is 3. The topological polar surface area (TPSA) is 114 Å². The SMILES string of the molecule is CCOCCOc1cccc(CC(=O)N[C@H]2CCC[C@@H](Nc3nc(-c4c[nH]c5ncc(F)cc45)ncc3F)C2)c1. The number of rotatable bonds is 11. The molecule has 3 heterocycles. The Morgan fingerprint density at radius 2 is 2.00 bits per heavy atom. The smallest absolute Gasteiger partial charge is 0.224 e. The van der Waals surface area contributed by atoms with Crippen LogP contribution in [0.2, 0.25) is 0 Å². The number of nitrogens with one attached hydrogen (secondary N) is 3. The minimum Gasteiger partial charge on any atom is -0.491 e. The van der Waals surface area contributed by atoms with Gasteiger partial charge in [-0.2, -0.15) is 0 Å². The number of amides is 1. The Morgan fingerprint density at radius 1 is 1.12 bits per heavy atom. The molecular weight excluding hydrogens is 518 g/mol. The van der Waals surface area contributed by atoms with Gasteiger partial charge in [-0.25, -0.2) is 23.7 Å². The third kappa shape index (κ3) is 6.90. The first-order chi connectivity index (χ1) is 19.5. The number of aromatic nitrogens is 4. The van der Waals surface area contributed by atoms with Gasteiger partial charge in [-0.3, -0.25) is 4.79 Å². The molecule has 1 saturated carbocycles. The summed E-state index contributed by atoms with van der Waals surface area (Å²) in [5.41, 5.74) is 1.88. The number of pyridine rings is 1. The predicted octanol–water partition coefficient (Wildman–Crippen LogP) is 4.80. The van der Waals surface area contributed by atoms with Gasteiger partial charge in [0.15, 0.2) is 17.5 Å². The maximum Gasteiger partial charge on any atom is 0.224 e. The molecule has 1 amide bonds. The number of anilines is 1. The molecule has 2 atom stereocenters. The van der Waals surface area contributed by atoms with Crippen LogP contribution in [0.3, 0.4) is 0 Å². The highest BCUT2D eigenvalue weighted by Gasteiger charge is 2.25. The molecule has 0 spiro atoms. The van der Waals surface area contributed by atoms with Crippen molar-refractivity contribution in [2.24, 2.45) is 0 Å². The van der Waals surface area contributed by atoms with E-state index in [0.29, 0.717) is 48.6 Å². The van der Waals surface area contributed by atoms with Crippen LogP contribution in [-0.4, -0.2) is 57.7 Å². The first-order valence-electron chi connectivity index (χ1n) is 13.5. The average molecular weight is 551 g/mol. The van der Waals surface area contributed by atoms with Crippen LogP contribution in [0.1, 0.15) is 38.2 Å². The van der Waals surface area contributed by atoms with E-state index < -0.39 is 11.6 Å². The van der Waals surface area contributed by atoms with Crippen LogP contribution >= 0.6 is 0 Å². The molecule has 4 aromatic rings. The van der Waals surface area contributed by atoms with Crippen LogP contribution in [-0.2, 0) is 16.0 Å². The maximum absolute atomic E-state index is 14.7. The van der Waals surface area contributed by atoms with Crippen LogP contribution in [0.25, 0.3) is 22.4 Å². The summed E-state index contributed by atoms with van der Waals surface area (Å²) < 4.78 is 39.4. The fraction of sp³-hybridized carbons (Fsp3) is 0.379. The molecule has 40 heavy (non-hydrogen) atoms. The van der Waals surface area contributed by atoms with E-state index in [0.717, 1.165) is 37.2 Å². The lowest BCUT2D eigenvalue weighted by Gasteiger charge is -2.30. The number of halogens is 2. The number of hydrogen-bond donors (Lipinski definition) is 3. The molecule has 3 aromatic heterocycles. The third-order valence-corrected chi connectivity index (χ3v) is 6.83. The number of fused-ring (bicyclic) bond motifs is 1. The van der Waals surface area contributed by atoms with Gasteiger partial charge in [0.1, 0.15) is 23.8 Å². The zero-order valence-corrected chi connectivity index (χ0v) is 22.3. The van der Waals surface area contributed by atoms with Gasteiger partial charge in [-0.15, -0.1) is 0 Å². The van der Waals surface area contributed by atoms with Gasteiger partial charge in [0.25, 0.3) is 0 Å². The number of carbonyl (C=O) groups is 1. The summed E-state index contributed by atoms with van der Waals surface area (Å²) in [5, 5.41) is 6.83. The van der Waals surface area contributed by atoms with Crippen molar-refractivity contribution >= 4 is 22.8 Å². The van der Waals surface area contributed by atoms with E-state index in [1.54, 1.807) is 6.20 Å². The molecule has 0 unspecified atom stereocenters. The summed E-state index contributed by atoms with van der Waals surface area (Å²) in [6, 6.07) is 8.70. The van der Waals surface area contributed by atoms with E-state index in [2.05, 4.69) is 30.6 Å². The van der Waals surface area contributed by atoms with E-state index in [4.69, 9.17) is 9.47 Å². The quantitative estimate of drug-likeness (QED) is 0.230. The number of benzene rings is 1. The Bertz CT molecular complexity index is 1460. The van der Waals surface area contributed by atoms with Gasteiger partial charge in [-0.05, 0) is 56.4 Å². The lowest BCUT2D eigenvalue weighted by atomic mass is 9.90. The van der Waals surface area contributed by atoms with Gasteiger partial charge in [0.2, 0.25) is 5.91 Å². The molecule has 11 heteroatoms. The molecule has 3 N–H and O–H groups in total. The Balaban J connectivity index is 1.18. The summed E-state index contributed by atoms with van der Waals surface area (Å²) in [7, 11) is 0. The number of hydrogen-bond acceptors (Lipinski definition) is 7. The second-order valence-electron chi connectivity index (χ2n) is 9.78. The van der Waals surface area contributed by atoms with Crippen molar-refractivity contribution in [3.8, 4) is 17.1 Å². The highest BCUT2D eigenvalue weighted by molar-refractivity contribution is 5.91. The van der Waals surface area contributed by atoms with Crippen LogP contribution in [0.15, 0.2) is 48.9 Å². The van der Waals surface area contributed by atoms with Crippen molar-refractivity contribution in [1.82, 2.24) is 25.3 Å². The highest BCUT2D eigenvalue weighted by atomic mass is 19.1. The van der Waals surface area contributed by atoms with Crippen molar-refractivity contribution in [3.05, 3.63) is 66.1 Å². The predicted molar refractivity (Wildman–Crippen MR) is 147 cm³/mol. The molecule has 0 aliphatic heterocycles. The average Bonchev–Trinajstić information content (AvgIpc) is 3.36. The summed E-state index contributed by atoms with van der Waals surface area (Å²) in [6.07, 6.45) is 7.25.